The molecule has 2 aliphatic rings. The summed E-state index contributed by atoms with van der Waals surface area (Å²) in [5, 5.41) is 1.92. The Labute approximate surface area is 144 Å². The summed E-state index contributed by atoms with van der Waals surface area (Å²) in [6.45, 7) is 1.88. The number of thiazole rings is 1. The second-order valence-corrected chi connectivity index (χ2v) is 6.53. The third kappa shape index (κ3) is 2.89. The lowest BCUT2D eigenvalue weighted by Crippen LogP contribution is -2.29. The number of rotatable bonds is 3. The molecule has 0 saturated carbocycles. The van der Waals surface area contributed by atoms with Crippen molar-refractivity contribution in [1.29, 1.82) is 0 Å². The number of ether oxygens (including phenoxy) is 2. The minimum atomic E-state index is 0.0137. The van der Waals surface area contributed by atoms with Crippen molar-refractivity contribution in [2.45, 2.75) is 18.9 Å². The standard InChI is InChI=1S/C18H18N2O3S/c21-17(7-6-13-11-24-12-19-13)20-8-2-4-15(20)14-3-1-5-16-18(14)23-10-9-22-16/h1,3,5-7,11-12,15H,2,4,8-10H2/b7-6+/t15-/m1/s1. The van der Waals surface area contributed by atoms with Gasteiger partial charge in [-0.15, -0.1) is 11.3 Å². The maximum absolute atomic E-state index is 12.6. The molecule has 1 aromatic heterocycles. The highest BCUT2D eigenvalue weighted by Crippen LogP contribution is 2.42. The molecular weight excluding hydrogens is 324 g/mol. The van der Waals surface area contributed by atoms with Gasteiger partial charge in [0.1, 0.15) is 13.2 Å². The number of amides is 1. The van der Waals surface area contributed by atoms with Crippen LogP contribution in [0.5, 0.6) is 11.5 Å². The molecule has 1 aromatic carbocycles. The van der Waals surface area contributed by atoms with Crippen molar-refractivity contribution in [1.82, 2.24) is 9.88 Å². The van der Waals surface area contributed by atoms with Gasteiger partial charge in [-0.3, -0.25) is 4.79 Å². The predicted octanol–water partition coefficient (Wildman–Crippen LogP) is 3.29. The van der Waals surface area contributed by atoms with Crippen molar-refractivity contribution in [2.24, 2.45) is 0 Å². The van der Waals surface area contributed by atoms with Gasteiger partial charge >= 0.3 is 0 Å². The fraction of sp³-hybridized carbons (Fsp3) is 0.333. The molecule has 3 heterocycles. The average molecular weight is 342 g/mol. The Bertz CT molecular complexity index is 758. The summed E-state index contributed by atoms with van der Waals surface area (Å²) in [5.74, 6) is 1.58. The Kier molecular flexibility index (Phi) is 4.21. The number of carbonyl (C=O) groups is 1. The van der Waals surface area contributed by atoms with Gasteiger partial charge in [0.05, 0.1) is 17.2 Å². The van der Waals surface area contributed by atoms with E-state index in [1.807, 2.05) is 28.5 Å². The van der Waals surface area contributed by atoms with Crippen molar-refractivity contribution in [3.8, 4) is 11.5 Å². The summed E-state index contributed by atoms with van der Waals surface area (Å²) in [5.41, 5.74) is 3.62. The maximum Gasteiger partial charge on any atom is 0.247 e. The monoisotopic (exact) mass is 342 g/mol. The van der Waals surface area contributed by atoms with Crippen LogP contribution in [-0.4, -0.2) is 35.5 Å². The molecule has 0 N–H and O–H groups in total. The Morgan fingerprint density at radius 3 is 3.12 bits per heavy atom. The lowest BCUT2D eigenvalue weighted by Gasteiger charge is -2.28. The molecule has 5 nitrogen and oxygen atoms in total. The SMILES string of the molecule is O=C(/C=C/c1cscn1)N1CCC[C@@H]1c1cccc2c1OCCO2. The highest BCUT2D eigenvalue weighted by molar-refractivity contribution is 7.07. The molecule has 0 radical (unpaired) electrons. The van der Waals surface area contributed by atoms with Gasteiger partial charge in [0, 0.05) is 23.6 Å². The van der Waals surface area contributed by atoms with Crippen LogP contribution in [0.15, 0.2) is 35.2 Å². The van der Waals surface area contributed by atoms with E-state index in [9.17, 15) is 4.79 Å². The zero-order valence-electron chi connectivity index (χ0n) is 13.2. The number of para-hydroxylation sites is 1. The molecule has 0 unspecified atom stereocenters. The number of likely N-dealkylation sites (tertiary alicyclic amines) is 1. The fourth-order valence-electron chi connectivity index (χ4n) is 3.27. The van der Waals surface area contributed by atoms with Gasteiger partial charge in [-0.1, -0.05) is 12.1 Å². The first-order valence-corrected chi connectivity index (χ1v) is 9.02. The molecule has 24 heavy (non-hydrogen) atoms. The summed E-state index contributed by atoms with van der Waals surface area (Å²) in [6.07, 6.45) is 5.32. The van der Waals surface area contributed by atoms with Crippen LogP contribution in [0.3, 0.4) is 0 Å². The molecule has 2 aliphatic heterocycles. The third-order valence-corrected chi connectivity index (χ3v) is 4.94. The minimum Gasteiger partial charge on any atom is -0.486 e. The molecule has 1 atom stereocenters. The minimum absolute atomic E-state index is 0.0137. The van der Waals surface area contributed by atoms with Gasteiger partial charge in [0.25, 0.3) is 0 Å². The molecule has 1 amide bonds. The van der Waals surface area contributed by atoms with E-state index in [0.717, 1.165) is 42.1 Å². The second-order valence-electron chi connectivity index (χ2n) is 5.81. The average Bonchev–Trinajstić information content (AvgIpc) is 3.31. The third-order valence-electron chi connectivity index (χ3n) is 4.34. The van der Waals surface area contributed by atoms with Gasteiger partial charge in [0.15, 0.2) is 11.5 Å². The Morgan fingerprint density at radius 1 is 1.33 bits per heavy atom. The lowest BCUT2D eigenvalue weighted by atomic mass is 10.0. The first-order chi connectivity index (χ1) is 11.8. The molecule has 1 fully saturated rings. The molecule has 0 bridgehead atoms. The molecule has 0 spiro atoms. The van der Waals surface area contributed by atoms with Crippen LogP contribution in [0, 0.1) is 0 Å². The number of fused-ring (bicyclic) bond motifs is 1. The lowest BCUT2D eigenvalue weighted by molar-refractivity contribution is -0.126. The van der Waals surface area contributed by atoms with Crippen LogP contribution in [0.4, 0.5) is 0 Å². The second kappa shape index (κ2) is 6.65. The highest BCUT2D eigenvalue weighted by Gasteiger charge is 2.32. The van der Waals surface area contributed by atoms with Gasteiger partial charge in [0.2, 0.25) is 5.91 Å². The van der Waals surface area contributed by atoms with E-state index in [0.29, 0.717) is 13.2 Å². The Balaban J connectivity index is 1.58. The van der Waals surface area contributed by atoms with E-state index < -0.39 is 0 Å². The molecule has 1 saturated heterocycles. The van der Waals surface area contributed by atoms with Crippen LogP contribution in [0.1, 0.15) is 30.1 Å². The van der Waals surface area contributed by atoms with Crippen molar-refractivity contribution in [3.05, 3.63) is 46.4 Å². The summed E-state index contributed by atoms with van der Waals surface area (Å²) < 4.78 is 11.5. The molecular formula is C18H18N2O3S. The topological polar surface area (TPSA) is 51.7 Å². The van der Waals surface area contributed by atoms with Crippen LogP contribution in [0.2, 0.25) is 0 Å². The van der Waals surface area contributed by atoms with Crippen molar-refractivity contribution < 1.29 is 14.3 Å². The maximum atomic E-state index is 12.6. The molecule has 0 aliphatic carbocycles. The van der Waals surface area contributed by atoms with Gasteiger partial charge in [-0.05, 0) is 25.0 Å². The van der Waals surface area contributed by atoms with Crippen molar-refractivity contribution in [2.75, 3.05) is 19.8 Å². The predicted molar refractivity (Wildman–Crippen MR) is 92.3 cm³/mol. The van der Waals surface area contributed by atoms with E-state index in [1.54, 1.807) is 17.7 Å². The number of benzene rings is 1. The summed E-state index contributed by atoms with van der Waals surface area (Å²) >= 11 is 1.52. The first-order valence-electron chi connectivity index (χ1n) is 8.08. The number of aromatic nitrogens is 1. The summed E-state index contributed by atoms with van der Waals surface area (Å²) in [7, 11) is 0. The summed E-state index contributed by atoms with van der Waals surface area (Å²) in [4.78, 5) is 18.7. The number of nitrogens with zero attached hydrogens (tertiary/aromatic N) is 2. The van der Waals surface area contributed by atoms with Gasteiger partial charge in [-0.2, -0.15) is 0 Å². The van der Waals surface area contributed by atoms with Crippen LogP contribution in [-0.2, 0) is 4.79 Å². The van der Waals surface area contributed by atoms with Crippen LogP contribution >= 0.6 is 11.3 Å². The molecule has 6 heteroatoms. The number of hydrogen-bond donors (Lipinski definition) is 0. The Hall–Kier alpha value is -2.34. The molecule has 124 valence electrons. The summed E-state index contributed by atoms with van der Waals surface area (Å²) in [6, 6.07) is 5.96. The molecule has 4 rings (SSSR count). The van der Waals surface area contributed by atoms with E-state index in [1.165, 1.54) is 11.3 Å². The van der Waals surface area contributed by atoms with Crippen LogP contribution < -0.4 is 9.47 Å². The normalized spacial score (nSPS) is 19.8. The van der Waals surface area contributed by atoms with E-state index in [-0.39, 0.29) is 11.9 Å². The van der Waals surface area contributed by atoms with Gasteiger partial charge in [-0.25, -0.2) is 4.98 Å². The fourth-order valence-corrected chi connectivity index (χ4v) is 3.79. The Morgan fingerprint density at radius 2 is 2.25 bits per heavy atom. The number of carbonyl (C=O) groups excluding carboxylic acids is 1. The molecule has 2 aromatic rings. The zero-order chi connectivity index (χ0) is 16.4. The first kappa shape index (κ1) is 15.2. The van der Waals surface area contributed by atoms with E-state index >= 15 is 0 Å². The van der Waals surface area contributed by atoms with E-state index in [4.69, 9.17) is 9.47 Å². The number of hydrogen-bond acceptors (Lipinski definition) is 5. The highest BCUT2D eigenvalue weighted by atomic mass is 32.1. The zero-order valence-corrected chi connectivity index (χ0v) is 14.0. The smallest absolute Gasteiger partial charge is 0.247 e. The van der Waals surface area contributed by atoms with Crippen molar-refractivity contribution in [3.63, 3.8) is 0 Å². The van der Waals surface area contributed by atoms with Crippen LogP contribution in [0.25, 0.3) is 6.08 Å². The van der Waals surface area contributed by atoms with E-state index in [2.05, 4.69) is 4.98 Å². The largest absolute Gasteiger partial charge is 0.486 e. The van der Waals surface area contributed by atoms with Crippen molar-refractivity contribution >= 4 is 23.3 Å². The van der Waals surface area contributed by atoms with Gasteiger partial charge < -0.3 is 14.4 Å². The quantitative estimate of drug-likeness (QED) is 0.803.